The molecule has 0 atom stereocenters. The molecule has 0 heterocycles. The molecule has 0 aromatic carbocycles. The van der Waals surface area contributed by atoms with Crippen LogP contribution < -0.4 is 0 Å². The highest BCUT2D eigenvalue weighted by Crippen LogP contribution is 1.91. The Morgan fingerprint density at radius 2 is 1.94 bits per heavy atom. The predicted molar refractivity (Wildman–Crippen MR) is 79.0 cm³/mol. The first-order valence-electron chi connectivity index (χ1n) is 5.32. The molecular weight excluding hydrogens is 308 g/mol. The molecule has 0 aliphatic heterocycles. The maximum absolute atomic E-state index is 10.7. The molecule has 0 fully saturated rings. The minimum absolute atomic E-state index is 0.362. The van der Waals surface area contributed by atoms with Crippen LogP contribution in [0.2, 0.25) is 6.04 Å². The van der Waals surface area contributed by atoms with Crippen molar-refractivity contribution in [3.05, 3.63) is 12.7 Å². The van der Waals surface area contributed by atoms with Gasteiger partial charge in [-0.1, -0.05) is 6.58 Å². The van der Waals surface area contributed by atoms with E-state index in [0.29, 0.717) is 6.61 Å². The van der Waals surface area contributed by atoms with Crippen molar-refractivity contribution in [2.45, 2.75) is 12.5 Å². The Morgan fingerprint density at radius 1 is 1.24 bits per heavy atom. The number of hydrogen-bond acceptors (Lipinski definition) is 6. The van der Waals surface area contributed by atoms with Crippen molar-refractivity contribution in [2.24, 2.45) is 0 Å². The van der Waals surface area contributed by atoms with Gasteiger partial charge in [0.15, 0.2) is 0 Å². The Hall–Kier alpha value is 0.134. The normalized spacial score (nSPS) is 13.2. The summed E-state index contributed by atoms with van der Waals surface area (Å²) in [5.41, 5.74) is 0. The van der Waals surface area contributed by atoms with Gasteiger partial charge in [0, 0.05) is 6.08 Å². The lowest BCUT2D eigenvalue weighted by Gasteiger charge is -2.06. The van der Waals surface area contributed by atoms with E-state index < -0.39 is 39.8 Å². The van der Waals surface area contributed by atoms with Crippen LogP contribution in [0, 0.1) is 0 Å². The summed E-state index contributed by atoms with van der Waals surface area (Å²) in [4.78, 5) is 10.7. The van der Waals surface area contributed by atoms with Crippen LogP contribution in [0.5, 0.6) is 0 Å². The van der Waals surface area contributed by atoms with Crippen LogP contribution in [0.1, 0.15) is 6.42 Å². The van der Waals surface area contributed by atoms with Crippen LogP contribution in [-0.4, -0.2) is 62.8 Å². The zero-order valence-electron chi connectivity index (χ0n) is 10.2. The molecule has 0 N–H and O–H groups in total. The van der Waals surface area contributed by atoms with Gasteiger partial charge in [-0.15, -0.1) is 0 Å². The molecule has 0 aliphatic carbocycles. The number of rotatable bonds is 12. The minimum atomic E-state index is -0.820. The molecule has 11 heteroatoms. The molecule has 100 valence electrons. The van der Waals surface area contributed by atoms with E-state index >= 15 is 0 Å². The van der Waals surface area contributed by atoms with Crippen molar-refractivity contribution in [2.75, 3.05) is 6.61 Å². The average molecular weight is 329 g/mol. The smallest absolute Gasteiger partial charge is 0.330 e. The number of carbonyl (C=O) groups excluding carboxylic acids is 1. The number of hydrogen-bond donors (Lipinski definition) is 0. The van der Waals surface area contributed by atoms with E-state index in [0.717, 1.165) is 23.0 Å². The standard InChI is InChI=1S/C6H20O6Si5/c1-2-6(7)8-4-3-5-14-10-16-12-17-11-15-9-13/h2H,1,3-5,14-17H2,13H3. The fourth-order valence-electron chi connectivity index (χ4n) is 0.866. The van der Waals surface area contributed by atoms with E-state index in [-0.39, 0.29) is 5.97 Å². The lowest BCUT2D eigenvalue weighted by atomic mass is 10.5. The fourth-order valence-corrected chi connectivity index (χ4v) is 8.34. The van der Waals surface area contributed by atoms with E-state index in [1.807, 2.05) is 0 Å². The van der Waals surface area contributed by atoms with Crippen molar-refractivity contribution in [1.82, 2.24) is 0 Å². The Labute approximate surface area is 114 Å². The average Bonchev–Trinajstić information content (AvgIpc) is 2.35. The second kappa shape index (κ2) is 14.2. The fraction of sp³-hybridized carbons (Fsp3) is 0.500. The molecular formula is C6H20O6Si5. The quantitative estimate of drug-likeness (QED) is 0.157. The zero-order valence-corrected chi connectivity index (χ0v) is 17.8. The van der Waals surface area contributed by atoms with Gasteiger partial charge in [0.05, 0.1) is 6.61 Å². The molecule has 0 aromatic rings. The summed E-state index contributed by atoms with van der Waals surface area (Å²) in [5.74, 6) is -0.362. The summed E-state index contributed by atoms with van der Waals surface area (Å²) < 4.78 is 25.9. The SMILES string of the molecule is C=CC(=O)OCCC[SiH2]O[SiH2]O[SiH2]O[SiH2]O[SiH3]. The van der Waals surface area contributed by atoms with Gasteiger partial charge in [-0.3, -0.25) is 0 Å². The number of esters is 1. The van der Waals surface area contributed by atoms with Gasteiger partial charge >= 0.3 is 5.97 Å². The topological polar surface area (TPSA) is 63.2 Å². The van der Waals surface area contributed by atoms with Crippen LogP contribution in [0.4, 0.5) is 0 Å². The van der Waals surface area contributed by atoms with Gasteiger partial charge in [-0.2, -0.15) is 0 Å². The summed E-state index contributed by atoms with van der Waals surface area (Å²) in [7, 11) is -2.11. The summed E-state index contributed by atoms with van der Waals surface area (Å²) >= 11 is 0. The third-order valence-electron chi connectivity index (χ3n) is 1.63. The van der Waals surface area contributed by atoms with Crippen LogP contribution in [0.25, 0.3) is 0 Å². The summed E-state index contributed by atoms with van der Waals surface area (Å²) in [6.07, 6.45) is 2.03. The van der Waals surface area contributed by atoms with Crippen molar-refractivity contribution < 1.29 is 26.0 Å². The Bertz CT molecular complexity index is 205. The number of ether oxygens (including phenoxy) is 1. The highest BCUT2D eigenvalue weighted by atomic mass is 28.4. The predicted octanol–water partition coefficient (Wildman–Crippen LogP) is -4.05. The third kappa shape index (κ3) is 14.1. The van der Waals surface area contributed by atoms with Crippen LogP contribution in [0.15, 0.2) is 12.7 Å². The second-order valence-electron chi connectivity index (χ2n) is 3.04. The van der Waals surface area contributed by atoms with Gasteiger partial charge in [-0.05, 0) is 12.5 Å². The first-order chi connectivity index (χ1) is 8.31. The maximum atomic E-state index is 10.7. The van der Waals surface area contributed by atoms with Crippen LogP contribution >= 0.6 is 0 Å². The largest absolute Gasteiger partial charge is 0.463 e. The zero-order chi connectivity index (χ0) is 12.8. The van der Waals surface area contributed by atoms with Crippen molar-refractivity contribution in [3.63, 3.8) is 0 Å². The van der Waals surface area contributed by atoms with E-state index in [1.165, 1.54) is 6.08 Å². The van der Waals surface area contributed by atoms with Gasteiger partial charge < -0.3 is 21.2 Å². The van der Waals surface area contributed by atoms with Crippen molar-refractivity contribution in [1.29, 1.82) is 0 Å². The molecule has 0 radical (unpaired) electrons. The Morgan fingerprint density at radius 3 is 2.65 bits per heavy atom. The molecule has 0 amide bonds. The van der Waals surface area contributed by atoms with E-state index in [4.69, 9.17) is 21.2 Å². The van der Waals surface area contributed by atoms with Gasteiger partial charge in [0.25, 0.3) is 30.0 Å². The molecule has 0 aliphatic rings. The highest BCUT2D eigenvalue weighted by molar-refractivity contribution is 6.46. The van der Waals surface area contributed by atoms with E-state index in [1.54, 1.807) is 0 Å². The molecule has 0 spiro atoms. The van der Waals surface area contributed by atoms with Gasteiger partial charge in [0.1, 0.15) is 20.2 Å². The monoisotopic (exact) mass is 328 g/mol. The summed E-state index contributed by atoms with van der Waals surface area (Å²) in [6.45, 7) is 3.77. The molecule has 0 saturated carbocycles. The number of carbonyl (C=O) groups is 1. The molecule has 0 saturated heterocycles. The first-order valence-corrected chi connectivity index (χ1v) is 11.2. The van der Waals surface area contributed by atoms with Gasteiger partial charge in [0.2, 0.25) is 0 Å². The minimum Gasteiger partial charge on any atom is -0.463 e. The maximum Gasteiger partial charge on any atom is 0.330 e. The third-order valence-corrected chi connectivity index (χ3v) is 7.85. The van der Waals surface area contributed by atoms with Crippen molar-refractivity contribution >= 4 is 56.2 Å². The van der Waals surface area contributed by atoms with Crippen LogP contribution in [0.3, 0.4) is 0 Å². The molecule has 0 bridgehead atoms. The first kappa shape index (κ1) is 17.1. The lowest BCUT2D eigenvalue weighted by Crippen LogP contribution is -2.16. The van der Waals surface area contributed by atoms with E-state index in [9.17, 15) is 4.79 Å². The summed E-state index contributed by atoms with van der Waals surface area (Å²) in [6, 6.07) is 1.00. The molecule has 6 nitrogen and oxygen atoms in total. The lowest BCUT2D eigenvalue weighted by molar-refractivity contribution is -0.137. The van der Waals surface area contributed by atoms with E-state index in [2.05, 4.69) is 6.58 Å². The molecule has 17 heavy (non-hydrogen) atoms. The van der Waals surface area contributed by atoms with Gasteiger partial charge in [-0.25, -0.2) is 4.79 Å². The molecule has 0 aromatic heterocycles. The van der Waals surface area contributed by atoms with Crippen LogP contribution in [-0.2, 0) is 26.0 Å². The highest BCUT2D eigenvalue weighted by Gasteiger charge is 1.96. The molecule has 0 rings (SSSR count). The van der Waals surface area contributed by atoms with Crippen molar-refractivity contribution in [3.8, 4) is 0 Å². The second-order valence-corrected chi connectivity index (χ2v) is 12.1. The Balaban J connectivity index is 2.98. The Kier molecular flexibility index (Phi) is 14.3. The molecule has 0 unspecified atom stereocenters. The summed E-state index contributed by atoms with van der Waals surface area (Å²) in [5, 5.41) is 0.